The van der Waals surface area contributed by atoms with E-state index in [9.17, 15) is 9.59 Å². The summed E-state index contributed by atoms with van der Waals surface area (Å²) in [7, 11) is 0. The van der Waals surface area contributed by atoms with E-state index in [4.69, 9.17) is 13.9 Å². The van der Waals surface area contributed by atoms with Crippen molar-refractivity contribution in [2.45, 2.75) is 26.9 Å². The van der Waals surface area contributed by atoms with Crippen LogP contribution in [0, 0.1) is 10.5 Å². The van der Waals surface area contributed by atoms with Crippen molar-refractivity contribution >= 4 is 39.5 Å². The molecule has 0 radical (unpaired) electrons. The molecular formula is C15H15IO5. The van der Waals surface area contributed by atoms with Gasteiger partial charge in [0.25, 0.3) is 0 Å². The van der Waals surface area contributed by atoms with Crippen molar-refractivity contribution in [1.82, 2.24) is 0 Å². The van der Waals surface area contributed by atoms with Crippen molar-refractivity contribution in [2.24, 2.45) is 0 Å². The van der Waals surface area contributed by atoms with Gasteiger partial charge < -0.3 is 13.9 Å². The molecule has 0 bridgehead atoms. The van der Waals surface area contributed by atoms with Crippen LogP contribution in [0.1, 0.15) is 19.4 Å². The molecule has 1 heterocycles. The largest absolute Gasteiger partial charge is 0.478 e. The molecule has 21 heavy (non-hydrogen) atoms. The van der Waals surface area contributed by atoms with Crippen molar-refractivity contribution in [3.63, 3.8) is 0 Å². The van der Waals surface area contributed by atoms with E-state index < -0.39 is 17.7 Å². The first kappa shape index (κ1) is 15.8. The third kappa shape index (κ3) is 3.37. The van der Waals surface area contributed by atoms with Crippen LogP contribution < -0.4 is 10.4 Å². The molecule has 1 aromatic heterocycles. The van der Waals surface area contributed by atoms with E-state index in [1.54, 1.807) is 19.9 Å². The molecule has 0 aliphatic rings. The standard InChI is InChI=1S/C15H15IO5/c1-4-19-15(18)9(3)20-11-6-5-10-8(2)7-12(17)21-14(10)13(11)16/h5-7,9H,4H2,1-3H3/t9-/m1/s1. The van der Waals surface area contributed by atoms with Gasteiger partial charge >= 0.3 is 11.6 Å². The van der Waals surface area contributed by atoms with Gasteiger partial charge in [0.1, 0.15) is 5.75 Å². The maximum atomic E-state index is 11.6. The Bertz CT molecular complexity index is 735. The summed E-state index contributed by atoms with van der Waals surface area (Å²) in [5, 5.41) is 0.843. The Hall–Kier alpha value is -1.57. The Morgan fingerprint density at radius 3 is 2.81 bits per heavy atom. The van der Waals surface area contributed by atoms with Crippen molar-refractivity contribution in [2.75, 3.05) is 6.61 Å². The second kappa shape index (κ2) is 6.46. The predicted molar refractivity (Wildman–Crippen MR) is 86.7 cm³/mol. The van der Waals surface area contributed by atoms with Crippen molar-refractivity contribution in [1.29, 1.82) is 0 Å². The third-order valence-corrected chi connectivity index (χ3v) is 3.97. The zero-order valence-corrected chi connectivity index (χ0v) is 14.1. The first-order chi connectivity index (χ1) is 9.93. The molecule has 2 aromatic rings. The molecule has 0 saturated carbocycles. The molecule has 112 valence electrons. The van der Waals surface area contributed by atoms with Crippen LogP contribution in [0.25, 0.3) is 11.0 Å². The number of rotatable bonds is 4. The van der Waals surface area contributed by atoms with Gasteiger partial charge in [-0.15, -0.1) is 0 Å². The molecule has 0 saturated heterocycles. The summed E-state index contributed by atoms with van der Waals surface area (Å²) in [5.41, 5.74) is 0.895. The molecule has 0 fully saturated rings. The van der Waals surface area contributed by atoms with Crippen LogP contribution in [0.2, 0.25) is 0 Å². The van der Waals surface area contributed by atoms with E-state index in [1.807, 2.05) is 35.6 Å². The molecule has 0 unspecified atom stereocenters. The molecule has 0 N–H and O–H groups in total. The normalized spacial score (nSPS) is 12.2. The average molecular weight is 402 g/mol. The Morgan fingerprint density at radius 1 is 1.43 bits per heavy atom. The van der Waals surface area contributed by atoms with E-state index in [2.05, 4.69) is 0 Å². The highest BCUT2D eigenvalue weighted by Crippen LogP contribution is 2.30. The van der Waals surface area contributed by atoms with Crippen LogP contribution in [0.3, 0.4) is 0 Å². The van der Waals surface area contributed by atoms with Gasteiger partial charge in [0.2, 0.25) is 0 Å². The summed E-state index contributed by atoms with van der Waals surface area (Å²) in [6.45, 7) is 5.50. The average Bonchev–Trinajstić information content (AvgIpc) is 2.42. The van der Waals surface area contributed by atoms with Crippen molar-refractivity contribution in [3.8, 4) is 5.75 Å². The Kier molecular flexibility index (Phi) is 4.87. The lowest BCUT2D eigenvalue weighted by Gasteiger charge is -2.15. The smallest absolute Gasteiger partial charge is 0.347 e. The van der Waals surface area contributed by atoms with Gasteiger partial charge in [-0.2, -0.15) is 0 Å². The maximum absolute atomic E-state index is 11.6. The van der Waals surface area contributed by atoms with Crippen LogP contribution >= 0.6 is 22.6 Å². The number of ether oxygens (including phenoxy) is 2. The van der Waals surface area contributed by atoms with Gasteiger partial charge in [0.15, 0.2) is 11.7 Å². The molecule has 0 amide bonds. The fraction of sp³-hybridized carbons (Fsp3) is 0.333. The summed E-state index contributed by atoms with van der Waals surface area (Å²) < 4.78 is 16.4. The number of aryl methyl sites for hydroxylation is 1. The van der Waals surface area contributed by atoms with E-state index in [0.29, 0.717) is 21.5 Å². The first-order valence-electron chi connectivity index (χ1n) is 6.50. The van der Waals surface area contributed by atoms with Gasteiger partial charge in [-0.05, 0) is 61.1 Å². The van der Waals surface area contributed by atoms with Crippen molar-refractivity contribution in [3.05, 3.63) is 37.8 Å². The Morgan fingerprint density at radius 2 is 2.14 bits per heavy atom. The van der Waals surface area contributed by atoms with Gasteiger partial charge in [-0.3, -0.25) is 0 Å². The highest BCUT2D eigenvalue weighted by molar-refractivity contribution is 14.1. The van der Waals surface area contributed by atoms with Crippen LogP contribution in [-0.4, -0.2) is 18.7 Å². The number of hydrogen-bond acceptors (Lipinski definition) is 5. The van der Waals surface area contributed by atoms with Crippen LogP contribution in [-0.2, 0) is 9.53 Å². The summed E-state index contributed by atoms with van der Waals surface area (Å²) in [5.74, 6) is 0.0523. The topological polar surface area (TPSA) is 65.7 Å². The molecule has 0 aliphatic heterocycles. The molecule has 6 heteroatoms. The minimum atomic E-state index is -0.729. The minimum absolute atomic E-state index is 0.301. The van der Waals surface area contributed by atoms with Gasteiger partial charge in [-0.1, -0.05) is 0 Å². The number of esters is 1. The second-order valence-corrected chi connectivity index (χ2v) is 5.59. The van der Waals surface area contributed by atoms with E-state index in [1.165, 1.54) is 6.07 Å². The lowest BCUT2D eigenvalue weighted by molar-refractivity contribution is -0.150. The minimum Gasteiger partial charge on any atom is -0.478 e. The van der Waals surface area contributed by atoms with Crippen LogP contribution in [0.4, 0.5) is 0 Å². The SMILES string of the molecule is CCOC(=O)[C@@H](C)Oc1ccc2c(C)cc(=O)oc2c1I. The summed E-state index contributed by atoms with van der Waals surface area (Å²) >= 11 is 2.04. The molecule has 2 rings (SSSR count). The highest BCUT2D eigenvalue weighted by atomic mass is 127. The molecular weight excluding hydrogens is 387 g/mol. The molecule has 0 spiro atoms. The predicted octanol–water partition coefficient (Wildman–Crippen LogP) is 3.04. The molecule has 1 aromatic carbocycles. The number of halogens is 1. The van der Waals surface area contributed by atoms with Crippen LogP contribution in [0.5, 0.6) is 5.75 Å². The number of fused-ring (bicyclic) bond motifs is 1. The molecule has 5 nitrogen and oxygen atoms in total. The fourth-order valence-electron chi connectivity index (χ4n) is 1.92. The third-order valence-electron chi connectivity index (χ3n) is 2.95. The lowest BCUT2D eigenvalue weighted by atomic mass is 10.1. The van der Waals surface area contributed by atoms with E-state index in [-0.39, 0.29) is 0 Å². The number of hydrogen-bond donors (Lipinski definition) is 0. The van der Waals surface area contributed by atoms with Crippen molar-refractivity contribution < 1.29 is 18.7 Å². The number of carbonyl (C=O) groups excluding carboxylic acids is 1. The number of carbonyl (C=O) groups is 1. The summed E-state index contributed by atoms with van der Waals surface area (Å²) in [6, 6.07) is 5.01. The quantitative estimate of drug-likeness (QED) is 0.447. The van der Waals surface area contributed by atoms with Gasteiger partial charge in [0, 0.05) is 11.5 Å². The Balaban J connectivity index is 2.40. The van der Waals surface area contributed by atoms with Gasteiger partial charge in [0.05, 0.1) is 10.2 Å². The zero-order chi connectivity index (χ0) is 15.6. The Labute approximate surface area is 135 Å². The second-order valence-electron chi connectivity index (χ2n) is 4.51. The summed E-state index contributed by atoms with van der Waals surface area (Å²) in [4.78, 5) is 23.1. The summed E-state index contributed by atoms with van der Waals surface area (Å²) in [6.07, 6.45) is -0.729. The van der Waals surface area contributed by atoms with Gasteiger partial charge in [-0.25, -0.2) is 9.59 Å². The highest BCUT2D eigenvalue weighted by Gasteiger charge is 2.19. The zero-order valence-electron chi connectivity index (χ0n) is 11.9. The monoisotopic (exact) mass is 402 g/mol. The van der Waals surface area contributed by atoms with E-state index in [0.717, 1.165) is 10.9 Å². The molecule has 1 atom stereocenters. The fourth-order valence-corrected chi connectivity index (χ4v) is 2.63. The molecule has 0 aliphatic carbocycles. The maximum Gasteiger partial charge on any atom is 0.347 e. The van der Waals surface area contributed by atoms with E-state index >= 15 is 0 Å². The van der Waals surface area contributed by atoms with Crippen LogP contribution in [0.15, 0.2) is 27.4 Å². The lowest BCUT2D eigenvalue weighted by Crippen LogP contribution is -2.26. The number of benzene rings is 1. The first-order valence-corrected chi connectivity index (χ1v) is 7.58.